The summed E-state index contributed by atoms with van der Waals surface area (Å²) in [6, 6.07) is 96.6. The smallest absolute Gasteiger partial charge is 0.252 e. The predicted molar refractivity (Wildman–Crippen MR) is 403 cm³/mol. The number of aliphatic imine (C=N–C) groups is 12. The van der Waals surface area contributed by atoms with Crippen LogP contribution in [0.2, 0.25) is 0 Å². The minimum Gasteiger partial charge on any atom is -0.311 e. The third kappa shape index (κ3) is 9.68. The second-order valence-electron chi connectivity index (χ2n) is 25.8. The van der Waals surface area contributed by atoms with Crippen molar-refractivity contribution in [1.82, 2.24) is 9.80 Å². The van der Waals surface area contributed by atoms with Crippen LogP contribution in [0.15, 0.2) is 339 Å². The molecule has 8 aliphatic rings. The third-order valence-corrected chi connectivity index (χ3v) is 18.7. The maximum atomic E-state index is 5.41. The second kappa shape index (κ2) is 22.7. The first-order chi connectivity index (χ1) is 48.7. The Labute approximate surface area is 570 Å². The lowest BCUT2D eigenvalue weighted by molar-refractivity contribution is 0.590. The number of anilines is 6. The van der Waals surface area contributed by atoms with E-state index in [9.17, 15) is 0 Å². The number of rotatable bonds is 10. The topological polar surface area (TPSA) is 161 Å². The molecule has 16 nitrogen and oxygen atoms in total. The van der Waals surface area contributed by atoms with Gasteiger partial charge >= 0.3 is 0 Å². The summed E-state index contributed by atoms with van der Waals surface area (Å²) in [4.78, 5) is 70.8. The molecular formula is C82H55BN16. The summed E-state index contributed by atoms with van der Waals surface area (Å²) < 4.78 is 0. The normalized spacial score (nSPS) is 16.1. The molecule has 19 rings (SSSR count). The molecule has 0 amide bonds. The number of nitrogens with zero attached hydrogens (tertiary/aromatic N) is 16. The standard InChI is InChI=1S/C82H55BN16/c1-82(2,3)58-48-67-69-68(49-58)97(64-41-25-23-39-60(64)75-94-80-90-72(54-34-18-8-19-35-54)86-77-87-73(55-36-20-9-21-37-55)91-81(95-75)99(77)80)66-45-43-57(51-28-12-5-13-29-51)47-62(66)83(69)61-46-56(50-26-10-4-11-27-50)42-44-65(61)96(67)63-40-24-22-38-59(63)74-92-78-88-70(52-30-14-6-15-31-52)84-76-85-71(53-32-16-7-17-33-53)89-79(93-74)98(76)78/h4-49H,1-3H3. The first kappa shape index (κ1) is 57.2. The molecule has 0 N–H and O–H groups in total. The van der Waals surface area contributed by atoms with Gasteiger partial charge in [0.1, 0.15) is 0 Å². The van der Waals surface area contributed by atoms with Crippen LogP contribution in [0.25, 0.3) is 22.3 Å². The Kier molecular flexibility index (Phi) is 13.1. The van der Waals surface area contributed by atoms with Gasteiger partial charge in [0.05, 0.1) is 11.4 Å². The molecule has 0 aromatic heterocycles. The fraction of sp³-hybridized carbons (Fsp3) is 0.0488. The van der Waals surface area contributed by atoms with Gasteiger partial charge in [-0.25, -0.2) is 9.80 Å². The van der Waals surface area contributed by atoms with Gasteiger partial charge in [0.25, 0.3) is 6.71 Å². The van der Waals surface area contributed by atoms with Crippen molar-refractivity contribution in [1.29, 1.82) is 0 Å². The molecule has 0 spiro atoms. The summed E-state index contributed by atoms with van der Waals surface area (Å²) in [6.45, 7) is 6.55. The van der Waals surface area contributed by atoms with E-state index in [0.717, 1.165) is 112 Å². The van der Waals surface area contributed by atoms with E-state index >= 15 is 0 Å². The molecule has 0 radical (unpaired) electrons. The highest BCUT2D eigenvalue weighted by molar-refractivity contribution is 7.00. The molecule has 99 heavy (non-hydrogen) atoms. The zero-order valence-corrected chi connectivity index (χ0v) is 53.8. The van der Waals surface area contributed by atoms with Crippen molar-refractivity contribution >= 4 is 128 Å². The average Bonchev–Trinajstić information content (AvgIpc) is 0.691. The van der Waals surface area contributed by atoms with Crippen molar-refractivity contribution in [2.45, 2.75) is 26.2 Å². The Morgan fingerprint density at radius 2 is 0.515 bits per heavy atom. The highest BCUT2D eigenvalue weighted by atomic mass is 15.5. The molecular weight excluding hydrogens is 1220 g/mol. The van der Waals surface area contributed by atoms with Crippen molar-refractivity contribution < 1.29 is 0 Å². The van der Waals surface area contributed by atoms with Gasteiger partial charge in [-0.15, -0.1) is 0 Å². The molecule has 0 atom stereocenters. The van der Waals surface area contributed by atoms with Crippen molar-refractivity contribution in [3.8, 4) is 22.3 Å². The van der Waals surface area contributed by atoms with Gasteiger partial charge < -0.3 is 9.80 Å². The zero-order chi connectivity index (χ0) is 65.9. The lowest BCUT2D eigenvalue weighted by Crippen LogP contribution is -2.61. The lowest BCUT2D eigenvalue weighted by Gasteiger charge is -2.46. The van der Waals surface area contributed by atoms with Crippen LogP contribution in [-0.4, -0.2) is 87.3 Å². The minimum absolute atomic E-state index is 0.300. The minimum atomic E-state index is -0.365. The van der Waals surface area contributed by atoms with Crippen molar-refractivity contribution in [3.63, 3.8) is 0 Å². The molecule has 0 fully saturated rings. The first-order valence-corrected chi connectivity index (χ1v) is 32.9. The number of guanidine groups is 6. The fourth-order valence-electron chi connectivity index (χ4n) is 14.0. The van der Waals surface area contributed by atoms with Crippen LogP contribution >= 0.6 is 0 Å². The summed E-state index contributed by atoms with van der Waals surface area (Å²) >= 11 is 0. The summed E-state index contributed by atoms with van der Waals surface area (Å²) in [5.41, 5.74) is 19.0. The van der Waals surface area contributed by atoms with Crippen LogP contribution in [0.1, 0.15) is 59.7 Å². The molecule has 0 unspecified atom stereocenters. The Morgan fingerprint density at radius 3 is 0.838 bits per heavy atom. The summed E-state index contributed by atoms with van der Waals surface area (Å²) in [5.74, 6) is 4.95. The molecule has 0 aliphatic carbocycles. The Bertz CT molecular complexity index is 5230. The monoisotopic (exact) mass is 1270 g/mol. The van der Waals surface area contributed by atoms with E-state index < -0.39 is 0 Å². The quantitative estimate of drug-likeness (QED) is 0.125. The number of benzene rings is 11. The van der Waals surface area contributed by atoms with Gasteiger partial charge in [-0.1, -0.05) is 251 Å². The maximum Gasteiger partial charge on any atom is 0.252 e. The van der Waals surface area contributed by atoms with Gasteiger partial charge in [-0.05, 0) is 98.2 Å². The number of hydrogen-bond donors (Lipinski definition) is 0. The molecule has 8 heterocycles. The predicted octanol–water partition coefficient (Wildman–Crippen LogP) is 14.5. The molecule has 8 aliphatic heterocycles. The number of hydrogen-bond acceptors (Lipinski definition) is 16. The van der Waals surface area contributed by atoms with E-state index in [-0.39, 0.29) is 12.1 Å². The SMILES string of the molecule is CC(C)(C)c1cc2c3c(c1)N(c1ccccc1C1=NC4=NC(c5ccccc5)=NC5=NC(c6ccccc6)=NC(=N1)N54)c1ccc(-c4ccccc4)cc1B3c1cc(-c3ccccc3)ccc1N2c1ccccc1C1=NC2=NC(c3ccccc3)=NC3=NC(c4ccccc4)=NC(=N1)N32. The maximum absolute atomic E-state index is 5.41. The van der Waals surface area contributed by atoms with Crippen LogP contribution in [0.3, 0.4) is 0 Å². The third-order valence-electron chi connectivity index (χ3n) is 18.7. The highest BCUT2D eigenvalue weighted by Gasteiger charge is 2.47. The van der Waals surface area contributed by atoms with Gasteiger partial charge in [-0.3, -0.25) is 0 Å². The molecule has 0 saturated heterocycles. The average molecular weight is 1280 g/mol. The van der Waals surface area contributed by atoms with Gasteiger partial charge in [0.2, 0.25) is 35.8 Å². The Morgan fingerprint density at radius 1 is 0.232 bits per heavy atom. The Balaban J connectivity index is 0.855. The molecule has 11 aromatic rings. The Hall–Kier alpha value is -13.3. The second-order valence-corrected chi connectivity index (χ2v) is 25.8. The van der Waals surface area contributed by atoms with Crippen molar-refractivity contribution in [3.05, 3.63) is 318 Å². The number of fused-ring (bicyclic) bond motifs is 4. The van der Waals surface area contributed by atoms with Gasteiger partial charge in [0, 0.05) is 56.1 Å². The molecule has 11 aromatic carbocycles. The van der Waals surface area contributed by atoms with Gasteiger partial charge in [-0.2, -0.15) is 59.9 Å². The summed E-state index contributed by atoms with van der Waals surface area (Å²) in [5, 5.41) is 0. The van der Waals surface area contributed by atoms with E-state index in [1.54, 1.807) is 9.80 Å². The van der Waals surface area contributed by atoms with E-state index in [1.165, 1.54) is 0 Å². The molecule has 17 heteroatoms. The lowest BCUT2D eigenvalue weighted by atomic mass is 9.33. The molecule has 0 bridgehead atoms. The van der Waals surface area contributed by atoms with Crippen LogP contribution in [0.5, 0.6) is 0 Å². The zero-order valence-electron chi connectivity index (χ0n) is 53.8. The summed E-state index contributed by atoms with van der Waals surface area (Å²) in [6.07, 6.45) is 0. The van der Waals surface area contributed by atoms with Crippen LogP contribution in [0.4, 0.5) is 34.1 Å². The fourth-order valence-corrected chi connectivity index (χ4v) is 14.0. The molecule has 466 valence electrons. The van der Waals surface area contributed by atoms with Crippen LogP contribution < -0.4 is 26.2 Å². The van der Waals surface area contributed by atoms with E-state index in [0.29, 0.717) is 70.8 Å². The summed E-state index contributed by atoms with van der Waals surface area (Å²) in [7, 11) is 0. The van der Waals surface area contributed by atoms with Gasteiger partial charge in [0.15, 0.2) is 35.0 Å². The van der Waals surface area contributed by atoms with Crippen LogP contribution in [0, 0.1) is 0 Å². The van der Waals surface area contributed by atoms with Crippen molar-refractivity contribution in [2.75, 3.05) is 9.80 Å². The van der Waals surface area contributed by atoms with E-state index in [2.05, 4.69) is 176 Å². The van der Waals surface area contributed by atoms with Crippen LogP contribution in [-0.2, 0) is 5.41 Å². The van der Waals surface area contributed by atoms with Crippen molar-refractivity contribution in [2.24, 2.45) is 59.9 Å². The molecule has 0 saturated carbocycles. The highest BCUT2D eigenvalue weighted by Crippen LogP contribution is 2.49. The van der Waals surface area contributed by atoms with E-state index in [1.807, 2.05) is 133 Å². The largest absolute Gasteiger partial charge is 0.311 e. The number of amidine groups is 6. The number of para-hydroxylation sites is 2. The van der Waals surface area contributed by atoms with E-state index in [4.69, 9.17) is 59.9 Å². The first-order valence-electron chi connectivity index (χ1n) is 32.9.